The van der Waals surface area contributed by atoms with Crippen molar-refractivity contribution in [3.05, 3.63) is 24.7 Å². The van der Waals surface area contributed by atoms with Gasteiger partial charge < -0.3 is 4.42 Å². The number of rotatable bonds is 2. The molecule has 0 spiro atoms. The van der Waals surface area contributed by atoms with Crippen molar-refractivity contribution in [3.63, 3.8) is 0 Å². The smallest absolute Gasteiger partial charge is 0.0921 e. The molecule has 0 aliphatic heterocycles. The molecule has 0 amide bonds. The summed E-state index contributed by atoms with van der Waals surface area (Å²) in [5, 5.41) is 0. The van der Waals surface area contributed by atoms with Crippen LogP contribution in [-0.2, 0) is 0 Å². The highest BCUT2D eigenvalue weighted by atomic mass is 35.5. The predicted molar refractivity (Wildman–Crippen MR) is 66.7 cm³/mol. The van der Waals surface area contributed by atoms with Gasteiger partial charge in [0, 0.05) is 0 Å². The summed E-state index contributed by atoms with van der Waals surface area (Å²) in [4.78, 5) is 0. The first kappa shape index (κ1) is 18.0. The van der Waals surface area contributed by atoms with Crippen LogP contribution in [0.3, 0.4) is 0 Å². The third-order valence-corrected chi connectivity index (χ3v) is 1.13. The molecule has 1 aromatic heterocycles. The van der Waals surface area contributed by atoms with Crippen molar-refractivity contribution in [2.75, 3.05) is 0 Å². The quantitative estimate of drug-likeness (QED) is 0.657. The maximum absolute atomic E-state index is 4.58. The molecule has 1 heterocycles. The van der Waals surface area contributed by atoms with Crippen LogP contribution in [-0.4, -0.2) is 22.2 Å². The van der Waals surface area contributed by atoms with Gasteiger partial charge >= 0.3 is 0 Å². The molecule has 6 heteroatoms. The van der Waals surface area contributed by atoms with E-state index in [0.717, 1.165) is 0 Å². The SMILES string of the molecule is BCBBC.Cl.Cl.c1ccoc1. The van der Waals surface area contributed by atoms with E-state index in [-0.39, 0.29) is 24.8 Å². The molecule has 1 aromatic rings. The Hall–Kier alpha value is 0.0548. The van der Waals surface area contributed by atoms with Gasteiger partial charge in [-0.2, -0.15) is 0 Å². The van der Waals surface area contributed by atoms with Crippen molar-refractivity contribution in [1.29, 1.82) is 0 Å². The molecule has 68 valence electrons. The number of hydrogen-bond acceptors (Lipinski definition) is 1. The molecule has 0 saturated heterocycles. The van der Waals surface area contributed by atoms with E-state index < -0.39 is 0 Å². The normalized spacial score (nSPS) is 6.08. The van der Waals surface area contributed by atoms with Gasteiger partial charge in [0.05, 0.1) is 34.7 Å². The molecular weight excluding hydrogens is 191 g/mol. The van der Waals surface area contributed by atoms with E-state index in [1.165, 1.54) is 20.6 Å². The minimum atomic E-state index is 0. The number of halogens is 2. The summed E-state index contributed by atoms with van der Waals surface area (Å²) in [6.07, 6.45) is 4.59. The Morgan fingerprint density at radius 1 is 1.25 bits per heavy atom. The number of hydrogen-bond donors (Lipinski definition) is 0. The van der Waals surface area contributed by atoms with E-state index in [1.807, 2.05) is 12.1 Å². The Balaban J connectivity index is -0.000000116. The second kappa shape index (κ2) is 17.2. The predicted octanol–water partition coefficient (Wildman–Crippen LogP) is 0.955. The fraction of sp³-hybridized carbons (Fsp3) is 0.333. The molecule has 0 N–H and O–H groups in total. The lowest BCUT2D eigenvalue weighted by atomic mass is 9.37. The van der Waals surface area contributed by atoms with Crippen LogP contribution >= 0.6 is 24.8 Å². The lowest BCUT2D eigenvalue weighted by Crippen LogP contribution is -1.94. The molecular formula is C6H15B3Cl2O. The maximum atomic E-state index is 4.58. The monoisotopic (exact) mass is 206 g/mol. The van der Waals surface area contributed by atoms with E-state index in [0.29, 0.717) is 0 Å². The number of furan rings is 1. The van der Waals surface area contributed by atoms with Gasteiger partial charge in [-0.3, -0.25) is 0 Å². The maximum Gasteiger partial charge on any atom is 0.0921 e. The minimum Gasteiger partial charge on any atom is -0.473 e. The summed E-state index contributed by atoms with van der Waals surface area (Å²) in [5.74, 6) is 0. The fourth-order valence-corrected chi connectivity index (χ4v) is 0.580. The molecule has 1 rings (SSSR count). The zero-order valence-electron chi connectivity index (χ0n) is 7.66. The largest absolute Gasteiger partial charge is 0.473 e. The second-order valence-electron chi connectivity index (χ2n) is 2.15. The topological polar surface area (TPSA) is 13.1 Å². The third-order valence-electron chi connectivity index (χ3n) is 1.13. The standard InChI is InChI=1S/C4H4O.C2H9B3.2ClH/c1-2-4-5-3-1;1-4-5-2-3;;/h1-4H;4-5H,2-3H2,1H3;2*1H. The summed E-state index contributed by atoms with van der Waals surface area (Å²) in [6.45, 7) is 2.21. The molecule has 0 fully saturated rings. The van der Waals surface area contributed by atoms with E-state index in [4.69, 9.17) is 0 Å². The van der Waals surface area contributed by atoms with Crippen LogP contribution in [0.25, 0.3) is 0 Å². The van der Waals surface area contributed by atoms with Gasteiger partial charge in [-0.25, -0.2) is 0 Å². The van der Waals surface area contributed by atoms with Crippen LogP contribution in [0.2, 0.25) is 13.0 Å². The van der Waals surface area contributed by atoms with Gasteiger partial charge in [0.25, 0.3) is 0 Å². The van der Waals surface area contributed by atoms with Crippen molar-refractivity contribution < 1.29 is 4.42 Å². The van der Waals surface area contributed by atoms with Gasteiger partial charge in [-0.05, 0) is 12.1 Å². The third kappa shape index (κ3) is 16.6. The average molecular weight is 207 g/mol. The van der Waals surface area contributed by atoms with Gasteiger partial charge in [0.2, 0.25) is 0 Å². The van der Waals surface area contributed by atoms with E-state index in [1.54, 1.807) is 12.5 Å². The van der Waals surface area contributed by atoms with Gasteiger partial charge in [0.15, 0.2) is 0 Å². The molecule has 0 aromatic carbocycles. The lowest BCUT2D eigenvalue weighted by Gasteiger charge is -1.72. The Kier molecular flexibility index (Phi) is 25.8. The molecule has 0 aliphatic carbocycles. The van der Waals surface area contributed by atoms with Crippen molar-refractivity contribution in [1.82, 2.24) is 0 Å². The highest BCUT2D eigenvalue weighted by molar-refractivity contribution is 7.01. The molecule has 1 nitrogen and oxygen atoms in total. The Labute approximate surface area is 89.4 Å². The highest BCUT2D eigenvalue weighted by Gasteiger charge is 1.76. The van der Waals surface area contributed by atoms with Crippen LogP contribution in [0.1, 0.15) is 0 Å². The van der Waals surface area contributed by atoms with E-state index in [2.05, 4.69) is 19.1 Å². The second-order valence-corrected chi connectivity index (χ2v) is 2.15. The zero-order valence-corrected chi connectivity index (χ0v) is 9.29. The van der Waals surface area contributed by atoms with Crippen molar-refractivity contribution in [2.45, 2.75) is 13.0 Å². The summed E-state index contributed by atoms with van der Waals surface area (Å²) < 4.78 is 4.58. The Bertz CT molecular complexity index is 107. The molecule has 12 heavy (non-hydrogen) atoms. The van der Waals surface area contributed by atoms with Gasteiger partial charge in [-0.1, -0.05) is 6.82 Å². The first-order valence-corrected chi connectivity index (χ1v) is 3.89. The van der Waals surface area contributed by atoms with Gasteiger partial charge in [0.1, 0.15) is 0 Å². The molecule has 0 unspecified atom stereocenters. The average Bonchev–Trinajstić information content (AvgIpc) is 2.44. The highest BCUT2D eigenvalue weighted by Crippen LogP contribution is 1.79. The summed E-state index contributed by atoms with van der Waals surface area (Å²) in [5.41, 5.74) is 0. The minimum absolute atomic E-state index is 0. The first-order valence-electron chi connectivity index (χ1n) is 3.89. The first-order chi connectivity index (χ1) is 4.91. The molecule has 0 atom stereocenters. The van der Waals surface area contributed by atoms with Crippen molar-refractivity contribution >= 4 is 47.0 Å². The van der Waals surface area contributed by atoms with E-state index in [9.17, 15) is 0 Å². The van der Waals surface area contributed by atoms with Crippen LogP contribution in [0.4, 0.5) is 0 Å². The fourth-order valence-electron chi connectivity index (χ4n) is 0.580. The molecule has 0 radical (unpaired) electrons. The molecule has 0 saturated carbocycles. The van der Waals surface area contributed by atoms with E-state index >= 15 is 0 Å². The Morgan fingerprint density at radius 3 is 1.83 bits per heavy atom. The zero-order chi connectivity index (χ0) is 7.66. The lowest BCUT2D eigenvalue weighted by molar-refractivity contribution is 0.567. The van der Waals surface area contributed by atoms with Crippen LogP contribution < -0.4 is 0 Å². The van der Waals surface area contributed by atoms with Crippen LogP contribution in [0.15, 0.2) is 29.1 Å². The summed E-state index contributed by atoms with van der Waals surface area (Å²) in [6, 6.07) is 3.67. The van der Waals surface area contributed by atoms with Crippen LogP contribution in [0, 0.1) is 0 Å². The van der Waals surface area contributed by atoms with Gasteiger partial charge in [-0.15, -0.1) is 31.0 Å². The Morgan fingerprint density at radius 2 is 1.75 bits per heavy atom. The van der Waals surface area contributed by atoms with Crippen molar-refractivity contribution in [2.24, 2.45) is 0 Å². The molecule has 0 bridgehead atoms. The summed E-state index contributed by atoms with van der Waals surface area (Å²) in [7, 11) is 4.94. The summed E-state index contributed by atoms with van der Waals surface area (Å²) >= 11 is 0. The van der Waals surface area contributed by atoms with Crippen molar-refractivity contribution in [3.8, 4) is 0 Å². The molecule has 0 aliphatic rings. The van der Waals surface area contributed by atoms with Crippen LogP contribution in [0.5, 0.6) is 0 Å².